The number of benzene rings is 1. The highest BCUT2D eigenvalue weighted by Gasteiger charge is 2.26. The molecule has 1 unspecified atom stereocenters. The second kappa shape index (κ2) is 9.28. The molecule has 0 aliphatic carbocycles. The lowest BCUT2D eigenvalue weighted by molar-refractivity contribution is -0.144. The van der Waals surface area contributed by atoms with Crippen molar-refractivity contribution in [2.24, 2.45) is 5.18 Å². The maximum absolute atomic E-state index is 11.8. The standard InChI is InChI=1S/C16H15N3O5S/c1-2-8-23-14(20)13(19-22)12-10-25-15(17-12)18-16(21)24-9-11-6-4-3-5-7-11/h2-7,10,13H,1,8-9H2,(H,17,18,21). The van der Waals surface area contributed by atoms with E-state index in [0.29, 0.717) is 0 Å². The summed E-state index contributed by atoms with van der Waals surface area (Å²) in [5.74, 6) is -0.835. The number of rotatable bonds is 8. The maximum Gasteiger partial charge on any atom is 0.413 e. The number of nitrogens with zero attached hydrogens (tertiary/aromatic N) is 2. The topological polar surface area (TPSA) is 107 Å². The van der Waals surface area contributed by atoms with Gasteiger partial charge < -0.3 is 9.47 Å². The number of carbonyl (C=O) groups excluding carboxylic acids is 2. The molecule has 1 heterocycles. The van der Waals surface area contributed by atoms with E-state index in [1.165, 1.54) is 11.5 Å². The van der Waals surface area contributed by atoms with E-state index in [0.717, 1.165) is 16.9 Å². The van der Waals surface area contributed by atoms with Gasteiger partial charge in [-0.25, -0.2) is 14.6 Å². The van der Waals surface area contributed by atoms with Crippen molar-refractivity contribution >= 4 is 28.5 Å². The first-order valence-corrected chi connectivity index (χ1v) is 8.05. The van der Waals surface area contributed by atoms with Crippen LogP contribution in [0.1, 0.15) is 17.3 Å². The van der Waals surface area contributed by atoms with Gasteiger partial charge >= 0.3 is 12.1 Å². The van der Waals surface area contributed by atoms with Crippen LogP contribution in [0.3, 0.4) is 0 Å². The zero-order valence-corrected chi connectivity index (χ0v) is 13.9. The van der Waals surface area contributed by atoms with Crippen LogP contribution >= 0.6 is 11.3 Å². The van der Waals surface area contributed by atoms with Crippen LogP contribution in [0.15, 0.2) is 53.5 Å². The molecule has 0 bridgehead atoms. The second-order valence-electron chi connectivity index (χ2n) is 4.69. The summed E-state index contributed by atoms with van der Waals surface area (Å²) in [5.41, 5.74) is 0.931. The molecule has 2 aromatic rings. The van der Waals surface area contributed by atoms with Crippen LogP contribution in [0.5, 0.6) is 0 Å². The Bertz CT molecular complexity index is 747. The molecule has 130 valence electrons. The monoisotopic (exact) mass is 361 g/mol. The van der Waals surface area contributed by atoms with Crippen molar-refractivity contribution in [3.63, 3.8) is 0 Å². The van der Waals surface area contributed by atoms with Crippen molar-refractivity contribution in [1.82, 2.24) is 4.98 Å². The first kappa shape index (κ1) is 18.3. The number of carbonyl (C=O) groups is 2. The van der Waals surface area contributed by atoms with Crippen molar-refractivity contribution in [1.29, 1.82) is 0 Å². The average Bonchev–Trinajstić information content (AvgIpc) is 3.07. The highest BCUT2D eigenvalue weighted by molar-refractivity contribution is 7.13. The molecule has 0 aliphatic heterocycles. The molecule has 2 rings (SSSR count). The average molecular weight is 361 g/mol. The number of hydrogen-bond donors (Lipinski definition) is 1. The summed E-state index contributed by atoms with van der Waals surface area (Å²) in [5, 5.41) is 6.77. The first-order chi connectivity index (χ1) is 12.1. The summed E-state index contributed by atoms with van der Waals surface area (Å²) < 4.78 is 9.84. The van der Waals surface area contributed by atoms with E-state index in [1.54, 1.807) is 0 Å². The Morgan fingerprint density at radius 2 is 2.08 bits per heavy atom. The molecule has 9 heteroatoms. The molecule has 0 radical (unpaired) electrons. The fraction of sp³-hybridized carbons (Fsp3) is 0.188. The molecule has 0 saturated carbocycles. The SMILES string of the molecule is C=CCOC(=O)C(N=O)c1csc(NC(=O)OCc2ccccc2)n1. The Morgan fingerprint density at radius 1 is 1.32 bits per heavy atom. The molecule has 0 spiro atoms. The predicted molar refractivity (Wildman–Crippen MR) is 92.1 cm³/mol. The minimum absolute atomic E-state index is 0.0358. The number of amides is 1. The van der Waals surface area contributed by atoms with Gasteiger partial charge in [0.1, 0.15) is 13.2 Å². The molecule has 0 fully saturated rings. The second-order valence-corrected chi connectivity index (χ2v) is 5.55. The van der Waals surface area contributed by atoms with E-state index in [9.17, 15) is 14.5 Å². The van der Waals surface area contributed by atoms with Gasteiger partial charge in [0.25, 0.3) is 0 Å². The highest BCUT2D eigenvalue weighted by Crippen LogP contribution is 2.24. The van der Waals surface area contributed by atoms with Gasteiger partial charge in [-0.1, -0.05) is 43.0 Å². The molecule has 1 amide bonds. The smallest absolute Gasteiger partial charge is 0.413 e. The number of hydrogen-bond acceptors (Lipinski definition) is 8. The van der Waals surface area contributed by atoms with E-state index in [-0.39, 0.29) is 24.0 Å². The number of thiazole rings is 1. The fourth-order valence-corrected chi connectivity index (χ4v) is 2.47. The van der Waals surface area contributed by atoms with Crippen LogP contribution in [0.25, 0.3) is 0 Å². The third-order valence-corrected chi connectivity index (χ3v) is 3.67. The van der Waals surface area contributed by atoms with Crippen LogP contribution in [-0.2, 0) is 20.9 Å². The number of anilines is 1. The molecule has 1 N–H and O–H groups in total. The van der Waals surface area contributed by atoms with Crippen molar-refractivity contribution in [3.05, 3.63) is 64.5 Å². The van der Waals surface area contributed by atoms with Crippen LogP contribution in [-0.4, -0.2) is 23.7 Å². The molecular formula is C16H15N3O5S. The summed E-state index contributed by atoms with van der Waals surface area (Å²) >= 11 is 1.03. The lowest BCUT2D eigenvalue weighted by Crippen LogP contribution is -2.15. The quantitative estimate of drug-likeness (QED) is 0.438. The lowest BCUT2D eigenvalue weighted by Gasteiger charge is -2.06. The largest absolute Gasteiger partial charge is 0.459 e. The molecule has 1 aromatic heterocycles. The number of esters is 1. The van der Waals surface area contributed by atoms with Gasteiger partial charge in [-0.15, -0.1) is 16.2 Å². The van der Waals surface area contributed by atoms with E-state index < -0.39 is 18.1 Å². The van der Waals surface area contributed by atoms with Crippen LogP contribution in [0.2, 0.25) is 0 Å². The van der Waals surface area contributed by atoms with Gasteiger partial charge in [0.05, 0.1) is 5.69 Å². The summed E-state index contributed by atoms with van der Waals surface area (Å²) in [6.45, 7) is 3.48. The van der Waals surface area contributed by atoms with E-state index >= 15 is 0 Å². The van der Waals surface area contributed by atoms with Crippen LogP contribution < -0.4 is 5.32 Å². The first-order valence-electron chi connectivity index (χ1n) is 7.17. The summed E-state index contributed by atoms with van der Waals surface area (Å²) in [6, 6.07) is 7.78. The lowest BCUT2D eigenvalue weighted by atomic mass is 10.2. The summed E-state index contributed by atoms with van der Waals surface area (Å²) in [4.78, 5) is 38.3. The number of ether oxygens (including phenoxy) is 2. The van der Waals surface area contributed by atoms with E-state index in [4.69, 9.17) is 9.47 Å². The van der Waals surface area contributed by atoms with Crippen LogP contribution in [0.4, 0.5) is 9.93 Å². The van der Waals surface area contributed by atoms with Gasteiger partial charge in [-0.3, -0.25) is 5.32 Å². The van der Waals surface area contributed by atoms with Gasteiger partial charge in [0, 0.05) is 5.38 Å². The molecule has 1 aromatic carbocycles. The Balaban J connectivity index is 1.91. The highest BCUT2D eigenvalue weighted by atomic mass is 32.1. The molecule has 0 saturated heterocycles. The van der Waals surface area contributed by atoms with Crippen molar-refractivity contribution < 1.29 is 19.1 Å². The molecule has 0 aliphatic rings. The van der Waals surface area contributed by atoms with Crippen molar-refractivity contribution in [3.8, 4) is 0 Å². The Labute approximate surface area is 147 Å². The fourth-order valence-electron chi connectivity index (χ4n) is 1.75. The molecule has 8 nitrogen and oxygen atoms in total. The van der Waals surface area contributed by atoms with E-state index in [1.807, 2.05) is 30.3 Å². The Kier molecular flexibility index (Phi) is 6.78. The Hall–Kier alpha value is -3.07. The van der Waals surface area contributed by atoms with Gasteiger partial charge in [0.15, 0.2) is 5.13 Å². The third-order valence-electron chi connectivity index (χ3n) is 2.90. The third kappa shape index (κ3) is 5.50. The Morgan fingerprint density at radius 3 is 2.76 bits per heavy atom. The van der Waals surface area contributed by atoms with Crippen molar-refractivity contribution in [2.75, 3.05) is 11.9 Å². The maximum atomic E-state index is 11.8. The number of nitroso groups, excluding NO2 is 1. The molecule has 1 atom stereocenters. The summed E-state index contributed by atoms with van der Waals surface area (Å²) in [6.07, 6.45) is 0.672. The van der Waals surface area contributed by atoms with Crippen LogP contribution in [0, 0.1) is 4.91 Å². The number of aromatic nitrogens is 1. The minimum Gasteiger partial charge on any atom is -0.459 e. The van der Waals surface area contributed by atoms with Gasteiger partial charge in [0.2, 0.25) is 6.04 Å². The molecular weight excluding hydrogens is 346 g/mol. The van der Waals surface area contributed by atoms with Crippen molar-refractivity contribution in [2.45, 2.75) is 12.6 Å². The predicted octanol–water partition coefficient (Wildman–Crippen LogP) is 3.43. The minimum atomic E-state index is -1.40. The van der Waals surface area contributed by atoms with Gasteiger partial charge in [-0.2, -0.15) is 0 Å². The van der Waals surface area contributed by atoms with Gasteiger partial charge in [-0.05, 0) is 10.7 Å². The zero-order valence-electron chi connectivity index (χ0n) is 13.1. The van der Waals surface area contributed by atoms with E-state index in [2.05, 4.69) is 22.1 Å². The normalized spacial score (nSPS) is 11.2. The molecule has 25 heavy (non-hydrogen) atoms. The summed E-state index contributed by atoms with van der Waals surface area (Å²) in [7, 11) is 0. The zero-order chi connectivity index (χ0) is 18.1. The number of nitrogens with one attached hydrogen (secondary N) is 1.